The zero-order valence-electron chi connectivity index (χ0n) is 9.68. The summed E-state index contributed by atoms with van der Waals surface area (Å²) >= 11 is 0. The maximum atomic E-state index is 11.6. The summed E-state index contributed by atoms with van der Waals surface area (Å²) < 4.78 is 1.35. The van der Waals surface area contributed by atoms with E-state index >= 15 is 0 Å². The van der Waals surface area contributed by atoms with Crippen molar-refractivity contribution >= 4 is 11.8 Å². The second-order valence-electron chi connectivity index (χ2n) is 4.16. The Morgan fingerprint density at radius 2 is 1.88 bits per heavy atom. The van der Waals surface area contributed by atoms with Gasteiger partial charge in [-0.05, 0) is 7.05 Å². The minimum atomic E-state index is -0.110. The van der Waals surface area contributed by atoms with Crippen LogP contribution >= 0.6 is 0 Å². The number of nitrogen functional groups attached to an aromatic ring is 1. The number of hydrogen-bond donors (Lipinski definition) is 1. The first-order valence-corrected chi connectivity index (χ1v) is 5.35. The van der Waals surface area contributed by atoms with Crippen molar-refractivity contribution in [3.8, 4) is 0 Å². The van der Waals surface area contributed by atoms with Crippen LogP contribution in [-0.2, 0) is 7.05 Å². The smallest absolute Gasteiger partial charge is 0.256 e. The lowest BCUT2D eigenvalue weighted by molar-refractivity contribution is 0.312. The van der Waals surface area contributed by atoms with Gasteiger partial charge in [-0.15, -0.1) is 0 Å². The molecular weight excluding hydrogens is 206 g/mol. The molecule has 1 aromatic heterocycles. The molecule has 0 unspecified atom stereocenters. The summed E-state index contributed by atoms with van der Waals surface area (Å²) in [6.07, 6.45) is 0. The fourth-order valence-electron chi connectivity index (χ4n) is 1.74. The van der Waals surface area contributed by atoms with Crippen LogP contribution in [0.3, 0.4) is 0 Å². The van der Waals surface area contributed by atoms with Gasteiger partial charge in [0.05, 0.1) is 0 Å². The van der Waals surface area contributed by atoms with Crippen molar-refractivity contribution in [1.29, 1.82) is 0 Å². The summed E-state index contributed by atoms with van der Waals surface area (Å²) in [5, 5.41) is 0. The Kier molecular flexibility index (Phi) is 2.82. The summed E-state index contributed by atoms with van der Waals surface area (Å²) in [7, 11) is 3.71. The van der Waals surface area contributed by atoms with Crippen LogP contribution in [0.4, 0.5) is 11.8 Å². The van der Waals surface area contributed by atoms with E-state index in [1.54, 1.807) is 13.1 Å². The Balaban J connectivity index is 2.24. The van der Waals surface area contributed by atoms with Crippen LogP contribution in [0.25, 0.3) is 0 Å². The molecular formula is C10H17N5O. The summed E-state index contributed by atoms with van der Waals surface area (Å²) in [6, 6.07) is 1.54. The highest BCUT2D eigenvalue weighted by Crippen LogP contribution is 2.11. The van der Waals surface area contributed by atoms with Crippen molar-refractivity contribution in [2.45, 2.75) is 0 Å². The molecule has 0 saturated carbocycles. The van der Waals surface area contributed by atoms with E-state index in [4.69, 9.17) is 5.73 Å². The third-order valence-electron chi connectivity index (χ3n) is 2.98. The SMILES string of the molecule is CN1CCN(c2cc(=O)n(C)c(N)n2)CC1. The van der Waals surface area contributed by atoms with Gasteiger partial charge in [0.1, 0.15) is 5.82 Å². The first-order valence-electron chi connectivity index (χ1n) is 5.35. The molecule has 0 amide bonds. The van der Waals surface area contributed by atoms with Crippen LogP contribution in [0.1, 0.15) is 0 Å². The van der Waals surface area contributed by atoms with E-state index in [0.29, 0.717) is 5.82 Å². The molecule has 1 aliphatic rings. The zero-order valence-corrected chi connectivity index (χ0v) is 9.68. The van der Waals surface area contributed by atoms with E-state index < -0.39 is 0 Å². The molecule has 2 heterocycles. The van der Waals surface area contributed by atoms with Crippen molar-refractivity contribution in [1.82, 2.24) is 14.5 Å². The number of nitrogens with two attached hydrogens (primary N) is 1. The highest BCUT2D eigenvalue weighted by Gasteiger charge is 2.16. The lowest BCUT2D eigenvalue weighted by Gasteiger charge is -2.33. The fourth-order valence-corrected chi connectivity index (χ4v) is 1.74. The van der Waals surface area contributed by atoms with Gasteiger partial charge in [-0.25, -0.2) is 0 Å². The van der Waals surface area contributed by atoms with Gasteiger partial charge in [0, 0.05) is 39.3 Å². The fraction of sp³-hybridized carbons (Fsp3) is 0.600. The lowest BCUT2D eigenvalue weighted by Crippen LogP contribution is -2.45. The molecule has 6 heteroatoms. The number of aromatic nitrogens is 2. The van der Waals surface area contributed by atoms with E-state index in [0.717, 1.165) is 26.2 Å². The quantitative estimate of drug-likeness (QED) is 0.669. The summed E-state index contributed by atoms with van der Waals surface area (Å²) in [5.41, 5.74) is 5.56. The van der Waals surface area contributed by atoms with Crippen LogP contribution in [0.15, 0.2) is 10.9 Å². The second-order valence-corrected chi connectivity index (χ2v) is 4.16. The lowest BCUT2D eigenvalue weighted by atomic mass is 10.3. The van der Waals surface area contributed by atoms with Gasteiger partial charge >= 0.3 is 0 Å². The number of piperazine rings is 1. The Hall–Kier alpha value is -1.56. The van der Waals surface area contributed by atoms with Gasteiger partial charge in [-0.1, -0.05) is 0 Å². The highest BCUT2D eigenvalue weighted by molar-refractivity contribution is 5.42. The van der Waals surface area contributed by atoms with Gasteiger partial charge in [0.2, 0.25) is 5.95 Å². The average molecular weight is 223 g/mol. The van der Waals surface area contributed by atoms with Crippen LogP contribution in [0.2, 0.25) is 0 Å². The van der Waals surface area contributed by atoms with Gasteiger partial charge in [0.15, 0.2) is 0 Å². The van der Waals surface area contributed by atoms with Crippen LogP contribution in [-0.4, -0.2) is 47.7 Å². The molecule has 16 heavy (non-hydrogen) atoms. The van der Waals surface area contributed by atoms with E-state index in [9.17, 15) is 4.79 Å². The van der Waals surface area contributed by atoms with Crippen LogP contribution in [0.5, 0.6) is 0 Å². The number of rotatable bonds is 1. The molecule has 0 aliphatic carbocycles. The minimum Gasteiger partial charge on any atom is -0.369 e. The summed E-state index contributed by atoms with van der Waals surface area (Å²) in [4.78, 5) is 20.1. The predicted octanol–water partition coefficient (Wildman–Crippen LogP) is -0.886. The largest absolute Gasteiger partial charge is 0.369 e. The molecule has 0 aromatic carbocycles. The van der Waals surface area contributed by atoms with E-state index in [1.807, 2.05) is 0 Å². The Morgan fingerprint density at radius 3 is 2.44 bits per heavy atom. The minimum absolute atomic E-state index is 0.110. The third kappa shape index (κ3) is 2.01. The molecule has 0 atom stereocenters. The first-order chi connectivity index (χ1) is 7.58. The molecule has 6 nitrogen and oxygen atoms in total. The molecule has 88 valence electrons. The zero-order chi connectivity index (χ0) is 11.7. The predicted molar refractivity (Wildman–Crippen MR) is 63.6 cm³/mol. The molecule has 2 rings (SSSR count). The number of nitrogens with zero attached hydrogens (tertiary/aromatic N) is 4. The van der Waals surface area contributed by atoms with Crippen LogP contribution < -0.4 is 16.2 Å². The van der Waals surface area contributed by atoms with Gasteiger partial charge in [-0.2, -0.15) is 4.98 Å². The maximum Gasteiger partial charge on any atom is 0.256 e. The van der Waals surface area contributed by atoms with Crippen molar-refractivity contribution in [3.63, 3.8) is 0 Å². The average Bonchev–Trinajstić information content (AvgIpc) is 2.26. The van der Waals surface area contributed by atoms with Crippen molar-refractivity contribution in [2.75, 3.05) is 43.9 Å². The monoisotopic (exact) mass is 223 g/mol. The third-order valence-corrected chi connectivity index (χ3v) is 2.98. The van der Waals surface area contributed by atoms with Gasteiger partial charge in [0.25, 0.3) is 5.56 Å². The van der Waals surface area contributed by atoms with E-state index in [-0.39, 0.29) is 11.5 Å². The van der Waals surface area contributed by atoms with Gasteiger partial charge in [-0.3, -0.25) is 9.36 Å². The molecule has 1 fully saturated rings. The Bertz CT molecular complexity index is 433. The van der Waals surface area contributed by atoms with Crippen molar-refractivity contribution in [2.24, 2.45) is 7.05 Å². The second kappa shape index (κ2) is 4.13. The molecule has 0 spiro atoms. The summed E-state index contributed by atoms with van der Waals surface area (Å²) in [6.45, 7) is 3.74. The normalized spacial score (nSPS) is 17.8. The Morgan fingerprint density at radius 1 is 1.25 bits per heavy atom. The number of likely N-dealkylation sites (N-methyl/N-ethyl adjacent to an activating group) is 1. The van der Waals surface area contributed by atoms with Crippen LogP contribution in [0, 0.1) is 0 Å². The first kappa shape index (κ1) is 10.9. The molecule has 2 N–H and O–H groups in total. The van der Waals surface area contributed by atoms with Gasteiger partial charge < -0.3 is 15.5 Å². The molecule has 0 radical (unpaired) electrons. The summed E-state index contributed by atoms with van der Waals surface area (Å²) in [5.74, 6) is 0.954. The van der Waals surface area contributed by atoms with E-state index in [2.05, 4.69) is 21.8 Å². The number of hydrogen-bond acceptors (Lipinski definition) is 5. The Labute approximate surface area is 94.3 Å². The van der Waals surface area contributed by atoms with Crippen molar-refractivity contribution in [3.05, 3.63) is 16.4 Å². The molecule has 1 aliphatic heterocycles. The molecule has 1 saturated heterocycles. The molecule has 0 bridgehead atoms. The molecule has 1 aromatic rings. The number of anilines is 2. The van der Waals surface area contributed by atoms with E-state index in [1.165, 1.54) is 4.57 Å². The maximum absolute atomic E-state index is 11.6. The highest BCUT2D eigenvalue weighted by atomic mass is 16.1. The topological polar surface area (TPSA) is 67.4 Å². The standard InChI is InChI=1S/C10H17N5O/c1-13-3-5-15(6-4-13)8-7-9(16)14(2)10(11)12-8/h7H,3-6H2,1-2H3,(H2,11,12). The van der Waals surface area contributed by atoms with Crippen molar-refractivity contribution < 1.29 is 0 Å².